The molecule has 5 nitrogen and oxygen atoms in total. The molecule has 0 amide bonds. The van der Waals surface area contributed by atoms with Crippen LogP contribution in [0.2, 0.25) is 0 Å². The highest BCUT2D eigenvalue weighted by atomic mass is 15.2. The van der Waals surface area contributed by atoms with Crippen LogP contribution in [-0.4, -0.2) is 24.6 Å². The number of pyridine rings is 1. The number of benzene rings is 8. The highest BCUT2D eigenvalue weighted by Gasteiger charge is 2.25. The maximum Gasteiger partial charge on any atom is 0.164 e. The number of hydrogen-bond donors (Lipinski definition) is 0. The molecule has 8 aromatic carbocycles. The van der Waals surface area contributed by atoms with E-state index >= 15 is 0 Å². The smallest absolute Gasteiger partial charge is 0.164 e. The Hall–Kier alpha value is -8.02. The van der Waals surface area contributed by atoms with Gasteiger partial charge in [0.05, 0.1) is 11.2 Å². The Morgan fingerprint density at radius 1 is 0.305 bits per heavy atom. The van der Waals surface area contributed by atoms with Crippen molar-refractivity contribution in [2.45, 2.75) is 0 Å². The third-order valence-corrected chi connectivity index (χ3v) is 11.0. The second kappa shape index (κ2) is 14.5. The summed E-state index contributed by atoms with van der Waals surface area (Å²) in [5.74, 6) is 1.89. The van der Waals surface area contributed by atoms with Crippen LogP contribution in [0.4, 0.5) is 0 Å². The Balaban J connectivity index is 1.16. The Labute approximate surface area is 341 Å². The monoisotopic (exact) mass is 753 g/mol. The number of hydrogen-bond acceptors (Lipinski definition) is 4. The van der Waals surface area contributed by atoms with E-state index in [4.69, 9.17) is 20.1 Å². The molecule has 0 radical (unpaired) electrons. The molecule has 0 spiro atoms. The maximum absolute atomic E-state index is 5.61. The molecule has 0 fully saturated rings. The molecule has 0 atom stereocenters. The summed E-state index contributed by atoms with van der Waals surface area (Å²) in [5, 5.41) is 10.3. The Morgan fingerprint density at radius 3 is 1.32 bits per heavy atom. The summed E-state index contributed by atoms with van der Waals surface area (Å²) in [6, 6.07) is 74.0. The molecule has 0 saturated carbocycles. The quantitative estimate of drug-likeness (QED) is 0.163. The highest BCUT2D eigenvalue weighted by molar-refractivity contribution is 6.15. The molecule has 276 valence electrons. The molecule has 0 aliphatic heterocycles. The molecule has 3 heterocycles. The van der Waals surface area contributed by atoms with Gasteiger partial charge in [-0.2, -0.15) is 5.10 Å². The third kappa shape index (κ3) is 6.13. The third-order valence-electron chi connectivity index (χ3n) is 11.0. The van der Waals surface area contributed by atoms with Gasteiger partial charge in [-0.15, -0.1) is 0 Å². The summed E-state index contributed by atoms with van der Waals surface area (Å²) in [4.78, 5) is 14.9. The summed E-state index contributed by atoms with van der Waals surface area (Å²) in [6.07, 6.45) is 0. The van der Waals surface area contributed by atoms with Gasteiger partial charge >= 0.3 is 0 Å². The molecule has 5 heteroatoms. The van der Waals surface area contributed by atoms with Gasteiger partial charge in [0.15, 0.2) is 17.5 Å². The predicted molar refractivity (Wildman–Crippen MR) is 242 cm³/mol. The van der Waals surface area contributed by atoms with E-state index in [0.29, 0.717) is 17.5 Å². The normalized spacial score (nSPS) is 11.4. The second-order valence-electron chi connectivity index (χ2n) is 14.7. The molecule has 11 aromatic rings. The van der Waals surface area contributed by atoms with Crippen molar-refractivity contribution in [3.05, 3.63) is 212 Å². The van der Waals surface area contributed by atoms with Crippen molar-refractivity contribution < 1.29 is 0 Å². The van der Waals surface area contributed by atoms with Gasteiger partial charge in [0, 0.05) is 44.3 Å². The molecular weight excluding hydrogens is 719 g/mol. The fourth-order valence-electron chi connectivity index (χ4n) is 8.27. The van der Waals surface area contributed by atoms with Gasteiger partial charge in [0.1, 0.15) is 5.69 Å². The van der Waals surface area contributed by atoms with E-state index < -0.39 is 0 Å². The Bertz CT molecular complexity index is 3230. The molecule has 59 heavy (non-hydrogen) atoms. The van der Waals surface area contributed by atoms with E-state index in [1.165, 1.54) is 10.8 Å². The molecule has 3 aromatic heterocycles. The first-order valence-corrected chi connectivity index (χ1v) is 19.8. The number of fused-ring (bicyclic) bond motifs is 4. The molecular formula is C54H35N5. The fourth-order valence-corrected chi connectivity index (χ4v) is 8.27. The van der Waals surface area contributed by atoms with Crippen LogP contribution in [0.3, 0.4) is 0 Å². The van der Waals surface area contributed by atoms with Crippen LogP contribution in [-0.2, 0) is 0 Å². The van der Waals surface area contributed by atoms with Crippen LogP contribution in [0.5, 0.6) is 0 Å². The predicted octanol–water partition coefficient (Wildman–Crippen LogP) is 13.5. The van der Waals surface area contributed by atoms with E-state index in [0.717, 1.165) is 77.7 Å². The minimum Gasteiger partial charge on any atom is -0.231 e. The zero-order valence-electron chi connectivity index (χ0n) is 31.9. The average molecular weight is 754 g/mol. The number of aromatic nitrogens is 5. The molecule has 0 bridgehead atoms. The van der Waals surface area contributed by atoms with E-state index in [1.54, 1.807) is 0 Å². The van der Waals surface area contributed by atoms with Gasteiger partial charge in [0.2, 0.25) is 0 Å². The number of nitrogens with zero attached hydrogens (tertiary/aromatic N) is 5. The van der Waals surface area contributed by atoms with Crippen molar-refractivity contribution >= 4 is 27.1 Å². The van der Waals surface area contributed by atoms with Crippen LogP contribution in [0.1, 0.15) is 0 Å². The van der Waals surface area contributed by atoms with Crippen molar-refractivity contribution in [3.63, 3.8) is 0 Å². The summed E-state index contributed by atoms with van der Waals surface area (Å²) < 4.78 is 2.19. The largest absolute Gasteiger partial charge is 0.231 e. The lowest BCUT2D eigenvalue weighted by Crippen LogP contribution is -2.01. The lowest BCUT2D eigenvalue weighted by molar-refractivity contribution is 0.981. The van der Waals surface area contributed by atoms with E-state index in [9.17, 15) is 0 Å². The first-order valence-electron chi connectivity index (χ1n) is 19.8. The van der Waals surface area contributed by atoms with Gasteiger partial charge < -0.3 is 0 Å². The van der Waals surface area contributed by atoms with Gasteiger partial charge in [0.25, 0.3) is 0 Å². The van der Waals surface area contributed by atoms with Crippen molar-refractivity contribution in [2.24, 2.45) is 0 Å². The van der Waals surface area contributed by atoms with Crippen LogP contribution in [0, 0.1) is 0 Å². The summed E-state index contributed by atoms with van der Waals surface area (Å²) in [6.45, 7) is 0. The van der Waals surface area contributed by atoms with E-state index in [2.05, 4.69) is 156 Å². The van der Waals surface area contributed by atoms with Crippen molar-refractivity contribution in [1.29, 1.82) is 0 Å². The maximum atomic E-state index is 5.61. The minimum atomic E-state index is 0.618. The topological polar surface area (TPSA) is 56.0 Å². The minimum absolute atomic E-state index is 0.618. The van der Waals surface area contributed by atoms with Gasteiger partial charge in [-0.3, -0.25) is 0 Å². The van der Waals surface area contributed by atoms with Crippen LogP contribution in [0.25, 0.3) is 106 Å². The highest BCUT2D eigenvalue weighted by Crippen LogP contribution is 2.46. The molecule has 0 N–H and O–H groups in total. The summed E-state index contributed by atoms with van der Waals surface area (Å²) in [5.41, 5.74) is 12.4. The Kier molecular flexibility index (Phi) is 8.41. The molecule has 0 aliphatic carbocycles. The zero-order chi connectivity index (χ0) is 39.1. The van der Waals surface area contributed by atoms with Crippen LogP contribution >= 0.6 is 0 Å². The molecule has 0 unspecified atom stereocenters. The molecule has 0 saturated heterocycles. The lowest BCUT2D eigenvalue weighted by atomic mass is 9.91. The van der Waals surface area contributed by atoms with Crippen molar-refractivity contribution in [3.8, 4) is 78.9 Å². The van der Waals surface area contributed by atoms with Crippen LogP contribution < -0.4 is 0 Å². The average Bonchev–Trinajstić information content (AvgIpc) is 3.73. The SMILES string of the molecule is c1ccc(-c2nc(-c3ccccc3)nc(-c3ccc(-c4c(-c5ccccc5)n5nc(-c6ccc7ccccc7c6)c(-c6ccccc6)c5c5ccccc45)cc3)n2)cc1. The molecule has 0 aliphatic rings. The van der Waals surface area contributed by atoms with E-state index in [-0.39, 0.29) is 0 Å². The first-order chi connectivity index (χ1) is 29.3. The lowest BCUT2D eigenvalue weighted by Gasteiger charge is -2.18. The summed E-state index contributed by atoms with van der Waals surface area (Å²) >= 11 is 0. The van der Waals surface area contributed by atoms with Crippen molar-refractivity contribution in [2.75, 3.05) is 0 Å². The van der Waals surface area contributed by atoms with Crippen molar-refractivity contribution in [1.82, 2.24) is 24.6 Å². The van der Waals surface area contributed by atoms with Gasteiger partial charge in [-0.25, -0.2) is 19.5 Å². The Morgan fingerprint density at radius 2 is 0.729 bits per heavy atom. The summed E-state index contributed by atoms with van der Waals surface area (Å²) in [7, 11) is 0. The fraction of sp³-hybridized carbons (Fsp3) is 0. The number of rotatable bonds is 7. The second-order valence-corrected chi connectivity index (χ2v) is 14.7. The zero-order valence-corrected chi connectivity index (χ0v) is 31.9. The molecule has 11 rings (SSSR count). The van der Waals surface area contributed by atoms with Gasteiger partial charge in [-0.05, 0) is 33.4 Å². The van der Waals surface area contributed by atoms with Crippen LogP contribution in [0.15, 0.2) is 212 Å². The standard InChI is InChI=1S/C54H35N5/c1-5-18-37(19-6-1)48-49(44-34-29-36-17-13-14-26-43(36)35-44)58-59-50(39-20-7-2-8-21-39)47(45-27-15-16-28-46(45)51(48)59)38-30-32-42(33-31-38)54-56-52(40-22-9-3-10-23-40)55-53(57-54)41-24-11-4-12-25-41/h1-35H. The first kappa shape index (κ1) is 34.2. The van der Waals surface area contributed by atoms with Gasteiger partial charge in [-0.1, -0.05) is 206 Å². The van der Waals surface area contributed by atoms with E-state index in [1.807, 2.05) is 60.7 Å².